The standard InChI is InChI=1S/C16H18N2O3S2/c1-10(2)16-17-7-13(23-16)15(21)18-12-5-3-4-11(6-12)8-22-9-14(19)20/h3-7,10H,8-9H2,1-2H3,(H,18,21)(H,19,20). The molecule has 5 nitrogen and oxygen atoms in total. The highest BCUT2D eigenvalue weighted by Gasteiger charge is 2.12. The summed E-state index contributed by atoms with van der Waals surface area (Å²) in [4.78, 5) is 27.6. The molecule has 1 heterocycles. The molecule has 2 rings (SSSR count). The van der Waals surface area contributed by atoms with Crippen LogP contribution in [0.3, 0.4) is 0 Å². The first-order valence-corrected chi connectivity index (χ1v) is 9.08. The molecule has 1 aromatic carbocycles. The lowest BCUT2D eigenvalue weighted by atomic mass is 10.2. The van der Waals surface area contributed by atoms with Gasteiger partial charge in [0.2, 0.25) is 0 Å². The van der Waals surface area contributed by atoms with Gasteiger partial charge in [0.1, 0.15) is 4.88 Å². The van der Waals surface area contributed by atoms with Crippen molar-refractivity contribution < 1.29 is 14.7 Å². The maximum atomic E-state index is 12.2. The number of carbonyl (C=O) groups excluding carboxylic acids is 1. The summed E-state index contributed by atoms with van der Waals surface area (Å²) in [6.45, 7) is 4.08. The van der Waals surface area contributed by atoms with Crippen molar-refractivity contribution in [1.29, 1.82) is 0 Å². The van der Waals surface area contributed by atoms with Crippen molar-refractivity contribution in [2.24, 2.45) is 0 Å². The zero-order chi connectivity index (χ0) is 16.8. The number of nitrogens with one attached hydrogen (secondary N) is 1. The predicted octanol–water partition coefficient (Wildman–Crippen LogP) is 3.84. The fourth-order valence-electron chi connectivity index (χ4n) is 1.85. The lowest BCUT2D eigenvalue weighted by Gasteiger charge is -2.06. The molecule has 0 aliphatic carbocycles. The summed E-state index contributed by atoms with van der Waals surface area (Å²) in [5.41, 5.74) is 1.67. The van der Waals surface area contributed by atoms with Gasteiger partial charge in [-0.25, -0.2) is 4.98 Å². The summed E-state index contributed by atoms with van der Waals surface area (Å²) < 4.78 is 0. The van der Waals surface area contributed by atoms with Gasteiger partial charge in [-0.05, 0) is 17.7 Å². The van der Waals surface area contributed by atoms with Gasteiger partial charge >= 0.3 is 5.97 Å². The van der Waals surface area contributed by atoms with E-state index in [0.717, 1.165) is 10.6 Å². The number of thioether (sulfide) groups is 1. The highest BCUT2D eigenvalue weighted by atomic mass is 32.2. The Hall–Kier alpha value is -1.86. The second kappa shape index (κ2) is 8.12. The van der Waals surface area contributed by atoms with Crippen molar-refractivity contribution in [1.82, 2.24) is 4.98 Å². The monoisotopic (exact) mass is 350 g/mol. The van der Waals surface area contributed by atoms with Crippen LogP contribution >= 0.6 is 23.1 Å². The number of hydrogen-bond donors (Lipinski definition) is 2. The maximum Gasteiger partial charge on any atom is 0.313 e. The van der Waals surface area contributed by atoms with Crippen molar-refractivity contribution in [3.63, 3.8) is 0 Å². The number of amides is 1. The van der Waals surface area contributed by atoms with Crippen molar-refractivity contribution >= 4 is 40.7 Å². The van der Waals surface area contributed by atoms with Crippen LogP contribution in [0.25, 0.3) is 0 Å². The van der Waals surface area contributed by atoms with Crippen molar-refractivity contribution in [2.45, 2.75) is 25.5 Å². The number of carboxylic acids is 1. The Balaban J connectivity index is 1.98. The second-order valence-corrected chi connectivity index (χ2v) is 7.31. The third-order valence-corrected chi connectivity index (χ3v) is 5.21. The summed E-state index contributed by atoms with van der Waals surface area (Å²) >= 11 is 2.72. The Kier molecular flexibility index (Phi) is 6.18. The molecule has 0 fully saturated rings. The van der Waals surface area contributed by atoms with Crippen LogP contribution in [0, 0.1) is 0 Å². The summed E-state index contributed by atoms with van der Waals surface area (Å²) in [5.74, 6) is -0.0461. The minimum atomic E-state index is -0.828. The topological polar surface area (TPSA) is 79.3 Å². The largest absolute Gasteiger partial charge is 0.481 e. The molecule has 0 aliphatic rings. The SMILES string of the molecule is CC(C)c1ncc(C(=O)Nc2cccc(CSCC(=O)O)c2)s1. The van der Waals surface area contributed by atoms with E-state index in [1.54, 1.807) is 6.20 Å². The third kappa shape index (κ3) is 5.37. The molecule has 0 atom stereocenters. The quantitative estimate of drug-likeness (QED) is 0.793. The number of aliphatic carboxylic acids is 1. The zero-order valence-corrected chi connectivity index (χ0v) is 14.5. The number of thiazole rings is 1. The maximum absolute atomic E-state index is 12.2. The molecule has 0 aliphatic heterocycles. The summed E-state index contributed by atoms with van der Waals surface area (Å²) in [6, 6.07) is 7.43. The number of hydrogen-bond acceptors (Lipinski definition) is 5. The van der Waals surface area contributed by atoms with Gasteiger partial charge in [-0.1, -0.05) is 26.0 Å². The van der Waals surface area contributed by atoms with E-state index in [9.17, 15) is 9.59 Å². The molecule has 0 unspecified atom stereocenters. The van der Waals surface area contributed by atoms with E-state index in [4.69, 9.17) is 5.11 Å². The minimum Gasteiger partial charge on any atom is -0.481 e. The fourth-order valence-corrected chi connectivity index (χ4v) is 3.35. The Morgan fingerprint density at radius 1 is 1.39 bits per heavy atom. The van der Waals surface area contributed by atoms with Crippen LogP contribution in [0.2, 0.25) is 0 Å². The second-order valence-electron chi connectivity index (χ2n) is 5.26. The van der Waals surface area contributed by atoms with Gasteiger partial charge in [0.25, 0.3) is 5.91 Å². The molecule has 2 N–H and O–H groups in total. The van der Waals surface area contributed by atoms with Crippen LogP contribution in [-0.2, 0) is 10.5 Å². The molecule has 0 saturated carbocycles. The van der Waals surface area contributed by atoms with Crippen LogP contribution in [0.4, 0.5) is 5.69 Å². The Morgan fingerprint density at radius 2 is 2.17 bits per heavy atom. The molecule has 23 heavy (non-hydrogen) atoms. The van der Waals surface area contributed by atoms with Gasteiger partial charge in [0.05, 0.1) is 17.0 Å². The van der Waals surface area contributed by atoms with Crippen molar-refractivity contribution in [2.75, 3.05) is 11.1 Å². The molecule has 0 bridgehead atoms. The molecule has 0 saturated heterocycles. The molecule has 1 aromatic heterocycles. The van der Waals surface area contributed by atoms with Crippen LogP contribution in [0.15, 0.2) is 30.5 Å². The van der Waals surface area contributed by atoms with E-state index in [1.165, 1.54) is 23.1 Å². The molecular formula is C16H18N2O3S2. The van der Waals surface area contributed by atoms with E-state index in [2.05, 4.69) is 10.3 Å². The number of anilines is 1. The molecule has 0 spiro atoms. The Bertz CT molecular complexity index is 698. The zero-order valence-electron chi connectivity index (χ0n) is 12.9. The van der Waals surface area contributed by atoms with E-state index in [-0.39, 0.29) is 11.7 Å². The number of carbonyl (C=O) groups is 2. The van der Waals surface area contributed by atoms with Crippen LogP contribution in [0.1, 0.15) is 40.0 Å². The third-order valence-electron chi connectivity index (χ3n) is 2.92. The number of benzene rings is 1. The first kappa shape index (κ1) is 17.5. The van der Waals surface area contributed by atoms with Crippen molar-refractivity contribution in [3.8, 4) is 0 Å². The van der Waals surface area contributed by atoms with Gasteiger partial charge in [-0.3, -0.25) is 9.59 Å². The lowest BCUT2D eigenvalue weighted by Crippen LogP contribution is -2.10. The van der Waals surface area contributed by atoms with E-state index < -0.39 is 5.97 Å². The van der Waals surface area contributed by atoms with Gasteiger partial charge in [0.15, 0.2) is 0 Å². The van der Waals surface area contributed by atoms with Crippen LogP contribution in [0.5, 0.6) is 0 Å². The van der Waals surface area contributed by atoms with Gasteiger partial charge < -0.3 is 10.4 Å². The van der Waals surface area contributed by atoms with Crippen LogP contribution < -0.4 is 5.32 Å². The van der Waals surface area contributed by atoms with E-state index in [0.29, 0.717) is 22.2 Å². The number of nitrogens with zero attached hydrogens (tertiary/aromatic N) is 1. The Morgan fingerprint density at radius 3 is 2.83 bits per heavy atom. The number of rotatable bonds is 7. The van der Waals surface area contributed by atoms with Crippen LogP contribution in [-0.4, -0.2) is 27.7 Å². The first-order chi connectivity index (χ1) is 11.0. The molecule has 122 valence electrons. The summed E-state index contributed by atoms with van der Waals surface area (Å²) in [5, 5.41) is 12.4. The Labute approximate surface area is 143 Å². The molecular weight excluding hydrogens is 332 g/mol. The summed E-state index contributed by atoms with van der Waals surface area (Å²) in [7, 11) is 0. The highest BCUT2D eigenvalue weighted by molar-refractivity contribution is 7.99. The highest BCUT2D eigenvalue weighted by Crippen LogP contribution is 2.22. The molecule has 2 aromatic rings. The fraction of sp³-hybridized carbons (Fsp3) is 0.312. The lowest BCUT2D eigenvalue weighted by molar-refractivity contribution is -0.133. The predicted molar refractivity (Wildman–Crippen MR) is 94.4 cm³/mol. The van der Waals surface area contributed by atoms with E-state index in [1.807, 2.05) is 38.1 Å². The normalized spacial score (nSPS) is 10.7. The van der Waals surface area contributed by atoms with E-state index >= 15 is 0 Å². The molecule has 7 heteroatoms. The van der Waals surface area contributed by atoms with Crippen molar-refractivity contribution in [3.05, 3.63) is 45.9 Å². The number of aromatic nitrogens is 1. The average Bonchev–Trinajstić information content (AvgIpc) is 2.97. The smallest absolute Gasteiger partial charge is 0.313 e. The van der Waals surface area contributed by atoms with Gasteiger partial charge in [-0.2, -0.15) is 0 Å². The van der Waals surface area contributed by atoms with Gasteiger partial charge in [0, 0.05) is 17.4 Å². The first-order valence-electron chi connectivity index (χ1n) is 7.11. The molecule has 1 amide bonds. The van der Waals surface area contributed by atoms with Gasteiger partial charge in [-0.15, -0.1) is 23.1 Å². The summed E-state index contributed by atoms with van der Waals surface area (Å²) in [6.07, 6.45) is 1.60. The number of carboxylic acid groups (broad SMARTS) is 1. The minimum absolute atomic E-state index is 0.0649. The molecule has 0 radical (unpaired) electrons. The average molecular weight is 350 g/mol.